The molecule has 0 aromatic carbocycles. The van der Waals surface area contributed by atoms with Crippen LogP contribution in [0.4, 0.5) is 0 Å². The van der Waals surface area contributed by atoms with Gasteiger partial charge in [0.25, 0.3) is 0 Å². The van der Waals surface area contributed by atoms with Gasteiger partial charge in [0, 0.05) is 12.8 Å². The summed E-state index contributed by atoms with van der Waals surface area (Å²) < 4.78 is 5.00. The average Bonchev–Trinajstić information content (AvgIpc) is 2.16. The third-order valence-corrected chi connectivity index (χ3v) is 1.84. The number of ether oxygens (including phenoxy) is 1. The van der Waals surface area contributed by atoms with Crippen molar-refractivity contribution in [2.24, 2.45) is 0 Å². The van der Waals surface area contributed by atoms with E-state index in [9.17, 15) is 4.79 Å². The number of rotatable bonds is 3. The summed E-state index contributed by atoms with van der Waals surface area (Å²) in [6.45, 7) is 5.42. The van der Waals surface area contributed by atoms with Crippen LogP contribution in [0.2, 0.25) is 0 Å². The van der Waals surface area contributed by atoms with Crippen LogP contribution in [0, 0.1) is 0 Å². The van der Waals surface area contributed by atoms with Crippen LogP contribution in [-0.2, 0) is 0 Å². The van der Waals surface area contributed by atoms with Crippen LogP contribution in [-0.4, -0.2) is 22.9 Å². The summed E-state index contributed by atoms with van der Waals surface area (Å²) in [6.07, 6.45) is 1.54. The lowest BCUT2D eigenvalue weighted by molar-refractivity contribution is 0.100. The van der Waals surface area contributed by atoms with Crippen molar-refractivity contribution in [1.82, 2.24) is 9.97 Å². The second kappa shape index (κ2) is 4.17. The highest BCUT2D eigenvalue weighted by Crippen LogP contribution is 2.18. The Bertz CT molecular complexity index is 348. The summed E-state index contributed by atoms with van der Waals surface area (Å²) in [7, 11) is 1.50. The lowest BCUT2D eigenvalue weighted by Gasteiger charge is -2.08. The van der Waals surface area contributed by atoms with E-state index < -0.39 is 0 Å². The molecule has 0 spiro atoms. The Kier molecular flexibility index (Phi) is 3.17. The SMILES string of the molecule is COc1cnc(C(C)C)nc1C(C)=O. The van der Waals surface area contributed by atoms with Gasteiger partial charge in [-0.25, -0.2) is 9.97 Å². The summed E-state index contributed by atoms with van der Waals surface area (Å²) in [5.41, 5.74) is 0.353. The maximum absolute atomic E-state index is 11.2. The molecule has 0 saturated carbocycles. The highest BCUT2D eigenvalue weighted by molar-refractivity contribution is 5.94. The molecular formula is C10H14N2O2. The average molecular weight is 194 g/mol. The van der Waals surface area contributed by atoms with E-state index in [1.165, 1.54) is 14.0 Å². The zero-order chi connectivity index (χ0) is 10.7. The maximum Gasteiger partial charge on any atom is 0.182 e. The third kappa shape index (κ3) is 2.07. The van der Waals surface area contributed by atoms with Crippen molar-refractivity contribution >= 4 is 5.78 Å². The van der Waals surface area contributed by atoms with Gasteiger partial charge in [-0.2, -0.15) is 0 Å². The van der Waals surface area contributed by atoms with Gasteiger partial charge < -0.3 is 4.74 Å². The molecule has 0 atom stereocenters. The minimum Gasteiger partial charge on any atom is -0.493 e. The fourth-order valence-electron chi connectivity index (χ4n) is 1.06. The fourth-order valence-corrected chi connectivity index (χ4v) is 1.06. The Morgan fingerprint density at radius 1 is 1.50 bits per heavy atom. The van der Waals surface area contributed by atoms with Gasteiger partial charge in [0.1, 0.15) is 5.82 Å². The Labute approximate surface area is 83.3 Å². The molecule has 1 aromatic rings. The first kappa shape index (κ1) is 10.6. The molecule has 1 rings (SSSR count). The fraction of sp³-hybridized carbons (Fsp3) is 0.500. The molecule has 0 unspecified atom stereocenters. The summed E-state index contributed by atoms with van der Waals surface area (Å²) in [5.74, 6) is 1.20. The zero-order valence-corrected chi connectivity index (χ0v) is 8.87. The van der Waals surface area contributed by atoms with E-state index in [0.717, 1.165) is 0 Å². The largest absolute Gasteiger partial charge is 0.493 e. The smallest absolute Gasteiger partial charge is 0.182 e. The minimum absolute atomic E-state index is 0.105. The topological polar surface area (TPSA) is 52.1 Å². The Morgan fingerprint density at radius 3 is 2.57 bits per heavy atom. The van der Waals surface area contributed by atoms with Crippen LogP contribution in [0.25, 0.3) is 0 Å². The highest BCUT2D eigenvalue weighted by Gasteiger charge is 2.13. The lowest BCUT2D eigenvalue weighted by Crippen LogP contribution is -2.07. The Hall–Kier alpha value is -1.45. The van der Waals surface area contributed by atoms with Gasteiger partial charge in [-0.3, -0.25) is 4.79 Å². The molecule has 0 aliphatic heterocycles. The number of hydrogen-bond acceptors (Lipinski definition) is 4. The molecule has 0 saturated heterocycles. The second-order valence-electron chi connectivity index (χ2n) is 3.36. The number of methoxy groups -OCH3 is 1. The number of nitrogens with zero attached hydrogens (tertiary/aromatic N) is 2. The van der Waals surface area contributed by atoms with E-state index in [0.29, 0.717) is 17.3 Å². The summed E-state index contributed by atoms with van der Waals surface area (Å²) in [4.78, 5) is 19.5. The van der Waals surface area contributed by atoms with Crippen LogP contribution in [0.1, 0.15) is 43.0 Å². The van der Waals surface area contributed by atoms with E-state index in [2.05, 4.69) is 9.97 Å². The monoisotopic (exact) mass is 194 g/mol. The van der Waals surface area contributed by atoms with Crippen molar-refractivity contribution in [3.05, 3.63) is 17.7 Å². The standard InChI is InChI=1S/C10H14N2O2/c1-6(2)10-11-5-8(14-4)9(12-10)7(3)13/h5-6H,1-4H3. The number of hydrogen-bond donors (Lipinski definition) is 0. The first-order valence-corrected chi connectivity index (χ1v) is 4.48. The van der Waals surface area contributed by atoms with E-state index in [1.807, 2.05) is 13.8 Å². The molecule has 1 aromatic heterocycles. The number of aromatic nitrogens is 2. The van der Waals surface area contributed by atoms with E-state index >= 15 is 0 Å². The Balaban J connectivity index is 3.21. The maximum atomic E-state index is 11.2. The van der Waals surface area contributed by atoms with E-state index in [-0.39, 0.29) is 11.7 Å². The van der Waals surface area contributed by atoms with Crippen LogP contribution < -0.4 is 4.74 Å². The molecule has 76 valence electrons. The van der Waals surface area contributed by atoms with Gasteiger partial charge in [0.15, 0.2) is 17.2 Å². The van der Waals surface area contributed by atoms with Gasteiger partial charge in [0.05, 0.1) is 13.3 Å². The molecule has 0 N–H and O–H groups in total. The second-order valence-corrected chi connectivity index (χ2v) is 3.36. The predicted molar refractivity (Wildman–Crippen MR) is 52.7 cm³/mol. The molecule has 1 heterocycles. The molecule has 0 radical (unpaired) electrons. The van der Waals surface area contributed by atoms with Crippen molar-refractivity contribution in [1.29, 1.82) is 0 Å². The van der Waals surface area contributed by atoms with Gasteiger partial charge in [-0.15, -0.1) is 0 Å². The van der Waals surface area contributed by atoms with E-state index in [4.69, 9.17) is 4.74 Å². The number of ketones is 1. The predicted octanol–water partition coefficient (Wildman–Crippen LogP) is 1.81. The van der Waals surface area contributed by atoms with Crippen molar-refractivity contribution in [2.75, 3.05) is 7.11 Å². The van der Waals surface area contributed by atoms with Crippen molar-refractivity contribution in [3.63, 3.8) is 0 Å². The zero-order valence-electron chi connectivity index (χ0n) is 8.87. The summed E-state index contributed by atoms with van der Waals surface area (Å²) in [6, 6.07) is 0. The number of carbonyl (C=O) groups is 1. The van der Waals surface area contributed by atoms with Crippen molar-refractivity contribution in [3.8, 4) is 5.75 Å². The number of carbonyl (C=O) groups excluding carboxylic acids is 1. The quantitative estimate of drug-likeness (QED) is 0.688. The Morgan fingerprint density at radius 2 is 2.14 bits per heavy atom. The van der Waals surface area contributed by atoms with Crippen LogP contribution in [0.15, 0.2) is 6.20 Å². The molecule has 0 fully saturated rings. The molecular weight excluding hydrogens is 180 g/mol. The lowest BCUT2D eigenvalue weighted by atomic mass is 10.2. The molecule has 0 bridgehead atoms. The molecule has 4 heteroatoms. The van der Waals surface area contributed by atoms with Gasteiger partial charge in [0.2, 0.25) is 0 Å². The van der Waals surface area contributed by atoms with Gasteiger partial charge in [-0.05, 0) is 0 Å². The normalized spacial score (nSPS) is 10.4. The van der Waals surface area contributed by atoms with E-state index in [1.54, 1.807) is 6.20 Å². The molecule has 0 amide bonds. The van der Waals surface area contributed by atoms with Crippen LogP contribution >= 0.6 is 0 Å². The minimum atomic E-state index is -0.105. The van der Waals surface area contributed by atoms with Gasteiger partial charge >= 0.3 is 0 Å². The van der Waals surface area contributed by atoms with Crippen LogP contribution in [0.3, 0.4) is 0 Å². The number of Topliss-reactive ketones (excluding diaryl/α,β-unsaturated/α-hetero) is 1. The summed E-state index contributed by atoms with van der Waals surface area (Å²) in [5, 5.41) is 0. The molecule has 0 aliphatic carbocycles. The van der Waals surface area contributed by atoms with Crippen LogP contribution in [0.5, 0.6) is 5.75 Å². The first-order chi connectivity index (χ1) is 6.56. The molecule has 4 nitrogen and oxygen atoms in total. The third-order valence-electron chi connectivity index (χ3n) is 1.84. The van der Waals surface area contributed by atoms with Crippen molar-refractivity contribution in [2.45, 2.75) is 26.7 Å². The molecule has 0 aliphatic rings. The van der Waals surface area contributed by atoms with Crippen molar-refractivity contribution < 1.29 is 9.53 Å². The highest BCUT2D eigenvalue weighted by atomic mass is 16.5. The summed E-state index contributed by atoms with van der Waals surface area (Å²) >= 11 is 0. The first-order valence-electron chi connectivity index (χ1n) is 4.48. The molecule has 14 heavy (non-hydrogen) atoms. The van der Waals surface area contributed by atoms with Gasteiger partial charge in [-0.1, -0.05) is 13.8 Å².